The van der Waals surface area contributed by atoms with Crippen LogP contribution in [0.4, 0.5) is 8.78 Å². The molecule has 0 aromatic carbocycles. The van der Waals surface area contributed by atoms with Crippen molar-refractivity contribution >= 4 is 47.0 Å². The van der Waals surface area contributed by atoms with E-state index in [-0.39, 0.29) is 10.8 Å². The lowest BCUT2D eigenvalue weighted by Gasteiger charge is -2.26. The summed E-state index contributed by atoms with van der Waals surface area (Å²) in [5, 5.41) is -0.437. The van der Waals surface area contributed by atoms with E-state index >= 15 is 0 Å². The van der Waals surface area contributed by atoms with Crippen LogP contribution in [0.5, 0.6) is 0 Å². The fraction of sp³-hybridized carbons (Fsp3) is 0.455. The molecule has 0 bridgehead atoms. The monoisotopic (exact) mass is 334 g/mol. The first-order valence-corrected chi connectivity index (χ1v) is 6.71. The zero-order valence-electron chi connectivity index (χ0n) is 11.7. The van der Waals surface area contributed by atoms with Gasteiger partial charge in [-0.25, -0.2) is 18.7 Å². The fourth-order valence-electron chi connectivity index (χ4n) is 2.06. The zero-order valence-corrected chi connectivity index (χ0v) is 12.4. The van der Waals surface area contributed by atoms with Crippen LogP contribution in [0.15, 0.2) is 12.4 Å². The van der Waals surface area contributed by atoms with Gasteiger partial charge < -0.3 is 10.2 Å². The van der Waals surface area contributed by atoms with Gasteiger partial charge in [0.25, 0.3) is 11.8 Å². The summed E-state index contributed by atoms with van der Waals surface area (Å²) in [6.45, 7) is -1.48. The average molecular weight is 334 g/mol. The molecule has 0 saturated carbocycles. The fourth-order valence-corrected chi connectivity index (χ4v) is 2.25. The van der Waals surface area contributed by atoms with Crippen LogP contribution in [0.1, 0.15) is 10.5 Å². The molecule has 2 heterocycles. The van der Waals surface area contributed by atoms with E-state index in [2.05, 4.69) is 15.3 Å². The smallest absolute Gasteiger partial charge is 0.286 e. The third-order valence-corrected chi connectivity index (χ3v) is 3.42. The number of nitrogens with one attached hydrogen (secondary N) is 1. The van der Waals surface area contributed by atoms with E-state index in [9.17, 15) is 18.4 Å². The second-order valence-corrected chi connectivity index (χ2v) is 5.46. The number of halogens is 3. The molecule has 12 heteroatoms. The lowest BCUT2D eigenvalue weighted by Crippen LogP contribution is -2.47. The highest BCUT2D eigenvalue weighted by atomic mass is 35.5. The SMILES string of the molecule is [B]C([B])([B])C(=O)N1CC(NC(=O)c2nccnc2Cl)C(F)(F)C1. The number of rotatable bonds is 3. The first kappa shape index (κ1) is 17.7. The van der Waals surface area contributed by atoms with E-state index in [1.807, 2.05) is 0 Å². The third-order valence-electron chi connectivity index (χ3n) is 3.15. The Kier molecular flexibility index (Phi) is 4.70. The van der Waals surface area contributed by atoms with Crippen molar-refractivity contribution in [3.05, 3.63) is 23.2 Å². The highest BCUT2D eigenvalue weighted by Gasteiger charge is 2.51. The van der Waals surface area contributed by atoms with Gasteiger partial charge in [-0.1, -0.05) is 16.7 Å². The van der Waals surface area contributed by atoms with Gasteiger partial charge in [-0.2, -0.15) is 0 Å². The van der Waals surface area contributed by atoms with Gasteiger partial charge in [0, 0.05) is 18.9 Å². The molecule has 6 radical (unpaired) electrons. The van der Waals surface area contributed by atoms with Gasteiger partial charge in [0.1, 0.15) is 6.04 Å². The number of amides is 2. The van der Waals surface area contributed by atoms with Crippen LogP contribution in [-0.4, -0.2) is 75.3 Å². The summed E-state index contributed by atoms with van der Waals surface area (Å²) in [5.41, 5.74) is -0.305. The molecule has 114 valence electrons. The number of carbonyl (C=O) groups is 2. The number of carbonyl (C=O) groups excluding carboxylic acids is 2. The maximum Gasteiger partial charge on any atom is 0.286 e. The summed E-state index contributed by atoms with van der Waals surface area (Å²) in [6.07, 6.45) is 2.43. The number of hydrogen-bond donors (Lipinski definition) is 1. The third kappa shape index (κ3) is 3.83. The van der Waals surface area contributed by atoms with Crippen molar-refractivity contribution in [1.82, 2.24) is 20.2 Å². The minimum atomic E-state index is -3.40. The van der Waals surface area contributed by atoms with Gasteiger partial charge >= 0.3 is 0 Å². The highest BCUT2D eigenvalue weighted by Crippen LogP contribution is 2.30. The Morgan fingerprint density at radius 2 is 1.96 bits per heavy atom. The van der Waals surface area contributed by atoms with Gasteiger partial charge in [-0.3, -0.25) is 9.59 Å². The minimum Gasteiger partial charge on any atom is -0.340 e. The van der Waals surface area contributed by atoms with Crippen LogP contribution < -0.4 is 5.32 Å². The zero-order chi connectivity index (χ0) is 17.4. The maximum atomic E-state index is 14.0. The molecular weight excluding hydrogens is 326 g/mol. The molecule has 1 fully saturated rings. The summed E-state index contributed by atoms with van der Waals surface area (Å²) >= 11 is 5.68. The number of nitrogens with zero attached hydrogens (tertiary/aromatic N) is 3. The van der Waals surface area contributed by atoms with Gasteiger partial charge in [-0.05, 0) is 0 Å². The topological polar surface area (TPSA) is 75.2 Å². The molecule has 6 nitrogen and oxygen atoms in total. The molecule has 2 amide bonds. The van der Waals surface area contributed by atoms with Crippen molar-refractivity contribution in [3.8, 4) is 0 Å². The van der Waals surface area contributed by atoms with E-state index in [0.717, 1.165) is 0 Å². The van der Waals surface area contributed by atoms with Crippen molar-refractivity contribution in [2.75, 3.05) is 13.1 Å². The molecule has 23 heavy (non-hydrogen) atoms. The summed E-state index contributed by atoms with van der Waals surface area (Å²) in [4.78, 5) is 31.7. The van der Waals surface area contributed by atoms with E-state index < -0.39 is 42.0 Å². The normalized spacial score (nSPS) is 20.3. The van der Waals surface area contributed by atoms with Gasteiger partial charge in [0.2, 0.25) is 5.91 Å². The van der Waals surface area contributed by atoms with Crippen LogP contribution in [0.3, 0.4) is 0 Å². The van der Waals surface area contributed by atoms with E-state index in [4.69, 9.17) is 35.1 Å². The maximum absolute atomic E-state index is 14.0. The lowest BCUT2D eigenvalue weighted by atomic mass is 9.42. The Morgan fingerprint density at radius 3 is 2.52 bits per heavy atom. The van der Waals surface area contributed by atoms with E-state index in [0.29, 0.717) is 4.90 Å². The van der Waals surface area contributed by atoms with Crippen LogP contribution in [0, 0.1) is 0 Å². The molecule has 2 rings (SSSR count). The molecule has 1 aromatic heterocycles. The molecule has 1 aliphatic heterocycles. The Morgan fingerprint density at radius 1 is 1.35 bits per heavy atom. The molecule has 1 atom stereocenters. The molecule has 1 aromatic rings. The molecule has 1 N–H and O–H groups in total. The lowest BCUT2D eigenvalue weighted by molar-refractivity contribution is -0.130. The van der Waals surface area contributed by atoms with Gasteiger partial charge in [0.05, 0.1) is 30.1 Å². The largest absolute Gasteiger partial charge is 0.340 e. The second-order valence-electron chi connectivity index (χ2n) is 5.10. The predicted molar refractivity (Wildman–Crippen MR) is 79.8 cm³/mol. The molecule has 1 saturated heterocycles. The van der Waals surface area contributed by atoms with Gasteiger partial charge in [-0.15, -0.1) is 0 Å². The highest BCUT2D eigenvalue weighted by molar-refractivity contribution is 6.68. The van der Waals surface area contributed by atoms with Crippen LogP contribution in [-0.2, 0) is 4.79 Å². The number of aromatic nitrogens is 2. The van der Waals surface area contributed by atoms with Crippen LogP contribution >= 0.6 is 11.6 Å². The quantitative estimate of drug-likeness (QED) is 0.741. The molecular formula is C11H8B3ClF2N4O2. The summed E-state index contributed by atoms with van der Waals surface area (Å²) in [5.74, 6) is -5.40. The Bertz CT molecular complexity index is 644. The molecule has 1 unspecified atom stereocenters. The Balaban J connectivity index is 2.13. The minimum absolute atomic E-state index is 0.232. The number of hydrogen-bond acceptors (Lipinski definition) is 4. The van der Waals surface area contributed by atoms with Crippen molar-refractivity contribution in [2.24, 2.45) is 0 Å². The van der Waals surface area contributed by atoms with E-state index in [1.54, 1.807) is 0 Å². The second kappa shape index (κ2) is 6.11. The van der Waals surface area contributed by atoms with Crippen molar-refractivity contribution in [2.45, 2.75) is 17.1 Å². The van der Waals surface area contributed by atoms with Crippen molar-refractivity contribution in [1.29, 1.82) is 0 Å². The van der Waals surface area contributed by atoms with E-state index in [1.165, 1.54) is 12.4 Å². The number of likely N-dealkylation sites (tertiary alicyclic amines) is 1. The van der Waals surface area contributed by atoms with Crippen LogP contribution in [0.25, 0.3) is 0 Å². The summed E-state index contributed by atoms with van der Waals surface area (Å²) in [6, 6.07) is -1.67. The Labute approximate surface area is 139 Å². The summed E-state index contributed by atoms with van der Waals surface area (Å²) < 4.78 is 28.0. The predicted octanol–water partition coefficient (Wildman–Crippen LogP) is -0.715. The molecule has 0 spiro atoms. The first-order chi connectivity index (χ1) is 10.5. The van der Waals surface area contributed by atoms with Gasteiger partial charge in [0.15, 0.2) is 10.8 Å². The Hall–Kier alpha value is -1.64. The summed E-state index contributed by atoms with van der Waals surface area (Å²) in [7, 11) is 15.6. The van der Waals surface area contributed by atoms with Crippen LogP contribution in [0.2, 0.25) is 10.3 Å². The average Bonchev–Trinajstić information content (AvgIpc) is 2.72. The molecule has 0 aliphatic carbocycles. The van der Waals surface area contributed by atoms with Crippen molar-refractivity contribution < 1.29 is 18.4 Å². The molecule has 1 aliphatic rings. The number of alkyl halides is 2. The standard InChI is InChI=1S/C11H8B3ClF2N4O2/c12-11(13,14)9(23)21-3-5(10(16,17)4-21)20-8(22)6-7(15)19-2-1-18-6/h1-2,5H,3-4H2,(H,20,22). The van der Waals surface area contributed by atoms with Crippen molar-refractivity contribution in [3.63, 3.8) is 0 Å². The first-order valence-electron chi connectivity index (χ1n) is 6.33.